The molecule has 0 atom stereocenters. The second-order valence-electron chi connectivity index (χ2n) is 4.24. The summed E-state index contributed by atoms with van der Waals surface area (Å²) in [6.07, 6.45) is 0. The summed E-state index contributed by atoms with van der Waals surface area (Å²) < 4.78 is 24.8. The Balaban J connectivity index is 2.14. The van der Waals surface area contributed by atoms with E-state index in [4.69, 9.17) is 15.2 Å². The van der Waals surface area contributed by atoms with Crippen molar-refractivity contribution in [3.8, 4) is 11.5 Å². The first-order valence-electron chi connectivity index (χ1n) is 6.07. The zero-order valence-electron chi connectivity index (χ0n) is 11.0. The molecular weight excluding hydrogens is 325 g/mol. The van der Waals surface area contributed by atoms with Crippen LogP contribution in [0.3, 0.4) is 0 Å². The summed E-state index contributed by atoms with van der Waals surface area (Å²) in [5.41, 5.74) is 7.28. The SMILES string of the molecule is COc1ccc(OCc2cc(F)cc(Br)c2)c(CN)c1. The Bertz CT molecular complexity index is 584. The fourth-order valence-electron chi connectivity index (χ4n) is 1.84. The Morgan fingerprint density at radius 3 is 2.65 bits per heavy atom. The first-order valence-corrected chi connectivity index (χ1v) is 6.86. The van der Waals surface area contributed by atoms with Crippen molar-refractivity contribution in [2.24, 2.45) is 5.73 Å². The van der Waals surface area contributed by atoms with Crippen LogP contribution < -0.4 is 15.2 Å². The number of methoxy groups -OCH3 is 1. The molecule has 2 rings (SSSR count). The van der Waals surface area contributed by atoms with Crippen molar-refractivity contribution in [1.29, 1.82) is 0 Å². The van der Waals surface area contributed by atoms with Gasteiger partial charge >= 0.3 is 0 Å². The van der Waals surface area contributed by atoms with Crippen LogP contribution in [-0.4, -0.2) is 7.11 Å². The fourth-order valence-corrected chi connectivity index (χ4v) is 2.35. The number of halogens is 2. The summed E-state index contributed by atoms with van der Waals surface area (Å²) in [5, 5.41) is 0. The molecule has 0 saturated carbocycles. The van der Waals surface area contributed by atoms with Gasteiger partial charge in [-0.05, 0) is 42.0 Å². The molecule has 0 amide bonds. The second-order valence-corrected chi connectivity index (χ2v) is 5.16. The minimum Gasteiger partial charge on any atom is -0.497 e. The number of benzene rings is 2. The Hall–Kier alpha value is -1.59. The summed E-state index contributed by atoms with van der Waals surface area (Å²) in [6.45, 7) is 0.620. The monoisotopic (exact) mass is 339 g/mol. The number of hydrogen-bond donors (Lipinski definition) is 1. The molecule has 2 aromatic carbocycles. The van der Waals surface area contributed by atoms with Crippen molar-refractivity contribution < 1.29 is 13.9 Å². The lowest BCUT2D eigenvalue weighted by atomic mass is 10.2. The average molecular weight is 340 g/mol. The van der Waals surface area contributed by atoms with E-state index in [1.165, 1.54) is 12.1 Å². The molecule has 106 valence electrons. The highest BCUT2D eigenvalue weighted by Gasteiger charge is 2.06. The van der Waals surface area contributed by atoms with Crippen LogP contribution in [0.15, 0.2) is 40.9 Å². The molecular formula is C15H15BrFNO2. The van der Waals surface area contributed by atoms with E-state index in [2.05, 4.69) is 15.9 Å². The summed E-state index contributed by atoms with van der Waals surface area (Å²) in [6, 6.07) is 10.1. The van der Waals surface area contributed by atoms with Gasteiger partial charge in [-0.25, -0.2) is 4.39 Å². The normalized spacial score (nSPS) is 10.4. The largest absolute Gasteiger partial charge is 0.497 e. The smallest absolute Gasteiger partial charge is 0.124 e. The van der Waals surface area contributed by atoms with Gasteiger partial charge in [0.05, 0.1) is 7.11 Å². The molecule has 0 aromatic heterocycles. The molecule has 0 spiro atoms. The summed E-state index contributed by atoms with van der Waals surface area (Å²) >= 11 is 3.25. The van der Waals surface area contributed by atoms with Crippen molar-refractivity contribution >= 4 is 15.9 Å². The van der Waals surface area contributed by atoms with Gasteiger partial charge in [-0.15, -0.1) is 0 Å². The van der Waals surface area contributed by atoms with Crippen LogP contribution in [0.1, 0.15) is 11.1 Å². The van der Waals surface area contributed by atoms with E-state index in [0.29, 0.717) is 16.8 Å². The number of hydrogen-bond acceptors (Lipinski definition) is 3. The quantitative estimate of drug-likeness (QED) is 0.904. The van der Waals surface area contributed by atoms with E-state index < -0.39 is 0 Å². The highest BCUT2D eigenvalue weighted by Crippen LogP contribution is 2.25. The van der Waals surface area contributed by atoms with E-state index in [1.54, 1.807) is 19.2 Å². The summed E-state index contributed by atoms with van der Waals surface area (Å²) in [5.74, 6) is 1.10. The van der Waals surface area contributed by atoms with E-state index in [-0.39, 0.29) is 12.4 Å². The fraction of sp³-hybridized carbons (Fsp3) is 0.200. The van der Waals surface area contributed by atoms with Crippen LogP contribution in [0.25, 0.3) is 0 Å². The zero-order valence-corrected chi connectivity index (χ0v) is 12.6. The lowest BCUT2D eigenvalue weighted by Crippen LogP contribution is -2.03. The molecule has 0 aliphatic rings. The lowest BCUT2D eigenvalue weighted by molar-refractivity contribution is 0.301. The van der Waals surface area contributed by atoms with E-state index in [9.17, 15) is 4.39 Å². The van der Waals surface area contributed by atoms with Gasteiger partial charge < -0.3 is 15.2 Å². The topological polar surface area (TPSA) is 44.5 Å². The predicted molar refractivity (Wildman–Crippen MR) is 79.3 cm³/mol. The molecule has 0 fully saturated rings. The van der Waals surface area contributed by atoms with Gasteiger partial charge in [0.2, 0.25) is 0 Å². The minimum atomic E-state index is -0.299. The molecule has 0 unspecified atom stereocenters. The van der Waals surface area contributed by atoms with Gasteiger partial charge in [-0.1, -0.05) is 15.9 Å². The maximum absolute atomic E-state index is 13.3. The van der Waals surface area contributed by atoms with Crippen LogP contribution in [-0.2, 0) is 13.2 Å². The molecule has 20 heavy (non-hydrogen) atoms. The minimum absolute atomic E-state index is 0.274. The van der Waals surface area contributed by atoms with Crippen molar-refractivity contribution in [1.82, 2.24) is 0 Å². The summed E-state index contributed by atoms with van der Waals surface area (Å²) in [7, 11) is 1.60. The number of rotatable bonds is 5. The molecule has 0 saturated heterocycles. The van der Waals surface area contributed by atoms with Crippen molar-refractivity contribution in [2.45, 2.75) is 13.2 Å². The Labute approximate surface area is 125 Å². The summed E-state index contributed by atoms with van der Waals surface area (Å²) in [4.78, 5) is 0. The highest BCUT2D eigenvalue weighted by molar-refractivity contribution is 9.10. The van der Waals surface area contributed by atoms with Gasteiger partial charge in [-0.3, -0.25) is 0 Å². The molecule has 5 heteroatoms. The van der Waals surface area contributed by atoms with Crippen LogP contribution in [0.5, 0.6) is 11.5 Å². The number of nitrogens with two attached hydrogens (primary N) is 1. The van der Waals surface area contributed by atoms with Crippen LogP contribution in [0.2, 0.25) is 0 Å². The van der Waals surface area contributed by atoms with Crippen molar-refractivity contribution in [3.63, 3.8) is 0 Å². The molecule has 2 N–H and O–H groups in total. The standard InChI is InChI=1S/C15H15BrFNO2/c1-19-14-2-3-15(11(6-14)8-18)20-9-10-4-12(16)7-13(17)5-10/h2-7H,8-9,18H2,1H3. The highest BCUT2D eigenvalue weighted by atomic mass is 79.9. The van der Waals surface area contributed by atoms with Crippen molar-refractivity contribution in [2.75, 3.05) is 7.11 Å². The molecule has 0 bridgehead atoms. The third-order valence-corrected chi connectivity index (χ3v) is 3.26. The third-order valence-electron chi connectivity index (χ3n) is 2.80. The molecule has 0 radical (unpaired) electrons. The molecule has 0 aliphatic carbocycles. The van der Waals surface area contributed by atoms with Crippen LogP contribution in [0.4, 0.5) is 4.39 Å². The van der Waals surface area contributed by atoms with Gasteiger partial charge in [0.15, 0.2) is 0 Å². The zero-order chi connectivity index (χ0) is 14.5. The van der Waals surface area contributed by atoms with Gasteiger partial charge in [-0.2, -0.15) is 0 Å². The average Bonchev–Trinajstić information content (AvgIpc) is 2.44. The van der Waals surface area contributed by atoms with E-state index in [0.717, 1.165) is 16.9 Å². The van der Waals surface area contributed by atoms with Crippen LogP contribution in [0, 0.1) is 5.82 Å². The number of ether oxygens (including phenoxy) is 2. The first-order chi connectivity index (χ1) is 9.62. The maximum atomic E-state index is 13.3. The maximum Gasteiger partial charge on any atom is 0.124 e. The second kappa shape index (κ2) is 6.72. The van der Waals surface area contributed by atoms with Gasteiger partial charge in [0, 0.05) is 16.6 Å². The molecule has 0 aliphatic heterocycles. The van der Waals surface area contributed by atoms with E-state index >= 15 is 0 Å². The Kier molecular flexibility index (Phi) is 4.98. The van der Waals surface area contributed by atoms with Gasteiger partial charge in [0.1, 0.15) is 23.9 Å². The van der Waals surface area contributed by atoms with Gasteiger partial charge in [0.25, 0.3) is 0 Å². The van der Waals surface area contributed by atoms with E-state index in [1.807, 2.05) is 12.1 Å². The van der Waals surface area contributed by atoms with Crippen LogP contribution >= 0.6 is 15.9 Å². The molecule has 2 aromatic rings. The Morgan fingerprint density at radius 2 is 2.00 bits per heavy atom. The predicted octanol–water partition coefficient (Wildman–Crippen LogP) is 3.63. The molecule has 0 heterocycles. The first kappa shape index (κ1) is 14.8. The third kappa shape index (κ3) is 3.71. The molecule has 3 nitrogen and oxygen atoms in total. The van der Waals surface area contributed by atoms with Crippen molar-refractivity contribution in [3.05, 3.63) is 57.8 Å². The lowest BCUT2D eigenvalue weighted by Gasteiger charge is -2.12. The Morgan fingerprint density at radius 1 is 1.20 bits per heavy atom.